The number of hydrogen-bond donors (Lipinski definition) is 1. The molecule has 112 valence electrons. The minimum atomic E-state index is -0.939. The molecule has 0 fully saturated rings. The maximum atomic E-state index is 10.4. The van der Waals surface area contributed by atoms with Crippen molar-refractivity contribution in [3.05, 3.63) is 30.2 Å². The number of carboxylic acid groups (broad SMARTS) is 1. The number of carboxylic acids is 1. The largest absolute Gasteiger partial charge is 0.494 e. The SMILES string of the molecule is CCOc1ccc(OCc2nnc(SCC(=O)O)o2)cc1. The van der Waals surface area contributed by atoms with Gasteiger partial charge in [0.05, 0.1) is 6.61 Å². The summed E-state index contributed by atoms with van der Waals surface area (Å²) in [6.45, 7) is 2.65. The van der Waals surface area contributed by atoms with Crippen molar-refractivity contribution >= 4 is 17.7 Å². The monoisotopic (exact) mass is 310 g/mol. The fraction of sp³-hybridized carbons (Fsp3) is 0.308. The first-order valence-electron chi connectivity index (χ1n) is 6.20. The van der Waals surface area contributed by atoms with E-state index in [0.717, 1.165) is 17.5 Å². The molecular formula is C13H14N2O5S. The van der Waals surface area contributed by atoms with Gasteiger partial charge in [-0.15, -0.1) is 10.2 Å². The van der Waals surface area contributed by atoms with Crippen molar-refractivity contribution < 1.29 is 23.8 Å². The van der Waals surface area contributed by atoms with Crippen LogP contribution < -0.4 is 9.47 Å². The average molecular weight is 310 g/mol. The number of aromatic nitrogens is 2. The Hall–Kier alpha value is -2.22. The third kappa shape index (κ3) is 4.99. The minimum absolute atomic E-state index is 0.120. The Kier molecular flexibility index (Phi) is 5.44. The van der Waals surface area contributed by atoms with E-state index < -0.39 is 5.97 Å². The summed E-state index contributed by atoms with van der Waals surface area (Å²) in [5.74, 6) is 0.648. The first-order valence-corrected chi connectivity index (χ1v) is 7.18. The molecule has 1 N–H and O–H groups in total. The Balaban J connectivity index is 1.83. The van der Waals surface area contributed by atoms with Crippen LogP contribution in [0.15, 0.2) is 33.9 Å². The first-order chi connectivity index (χ1) is 10.2. The van der Waals surface area contributed by atoms with Crippen LogP contribution in [0.5, 0.6) is 11.5 Å². The fourth-order valence-corrected chi connectivity index (χ4v) is 1.92. The van der Waals surface area contributed by atoms with Crippen molar-refractivity contribution in [3.8, 4) is 11.5 Å². The molecule has 0 radical (unpaired) electrons. The van der Waals surface area contributed by atoms with E-state index in [0.29, 0.717) is 12.4 Å². The van der Waals surface area contributed by atoms with Gasteiger partial charge in [0.2, 0.25) is 0 Å². The molecule has 0 atom stereocenters. The van der Waals surface area contributed by atoms with Crippen molar-refractivity contribution in [1.82, 2.24) is 10.2 Å². The van der Waals surface area contributed by atoms with Crippen LogP contribution in [0.1, 0.15) is 12.8 Å². The normalized spacial score (nSPS) is 10.3. The van der Waals surface area contributed by atoms with Crippen LogP contribution in [-0.4, -0.2) is 33.6 Å². The number of carbonyl (C=O) groups is 1. The third-order valence-electron chi connectivity index (χ3n) is 2.26. The third-order valence-corrected chi connectivity index (χ3v) is 3.07. The highest BCUT2D eigenvalue weighted by atomic mass is 32.2. The van der Waals surface area contributed by atoms with Crippen LogP contribution in [0, 0.1) is 0 Å². The molecule has 1 aromatic carbocycles. The summed E-state index contributed by atoms with van der Waals surface area (Å²) in [6.07, 6.45) is 0. The second-order valence-corrected chi connectivity index (χ2v) is 4.76. The van der Waals surface area contributed by atoms with Gasteiger partial charge in [-0.05, 0) is 31.2 Å². The molecule has 1 heterocycles. The summed E-state index contributed by atoms with van der Waals surface area (Å²) >= 11 is 0.967. The molecule has 0 unspecified atom stereocenters. The van der Waals surface area contributed by atoms with Crippen molar-refractivity contribution in [3.63, 3.8) is 0 Å². The summed E-state index contributed by atoms with van der Waals surface area (Å²) in [4.78, 5) is 10.4. The lowest BCUT2D eigenvalue weighted by Gasteiger charge is -2.05. The minimum Gasteiger partial charge on any atom is -0.494 e. The molecule has 0 saturated carbocycles. The second kappa shape index (κ2) is 7.53. The van der Waals surface area contributed by atoms with Crippen LogP contribution >= 0.6 is 11.8 Å². The fourth-order valence-electron chi connectivity index (χ4n) is 1.42. The summed E-state index contributed by atoms with van der Waals surface area (Å²) in [6, 6.07) is 7.17. The van der Waals surface area contributed by atoms with Crippen molar-refractivity contribution in [1.29, 1.82) is 0 Å². The lowest BCUT2D eigenvalue weighted by atomic mass is 10.3. The molecule has 7 nitrogen and oxygen atoms in total. The molecule has 0 bridgehead atoms. The van der Waals surface area contributed by atoms with E-state index in [4.69, 9.17) is 19.0 Å². The number of rotatable bonds is 8. The molecule has 0 aliphatic heterocycles. The molecule has 2 rings (SSSR count). The van der Waals surface area contributed by atoms with Gasteiger partial charge in [0.15, 0.2) is 6.61 Å². The topological polar surface area (TPSA) is 94.7 Å². The molecule has 0 saturated heterocycles. The highest BCUT2D eigenvalue weighted by Crippen LogP contribution is 2.20. The zero-order chi connectivity index (χ0) is 15.1. The Bertz CT molecular complexity index is 585. The van der Waals surface area contributed by atoms with E-state index in [1.54, 1.807) is 24.3 Å². The summed E-state index contributed by atoms with van der Waals surface area (Å²) < 4.78 is 16.1. The van der Waals surface area contributed by atoms with Gasteiger partial charge in [-0.2, -0.15) is 0 Å². The van der Waals surface area contributed by atoms with Crippen LogP contribution in [0.4, 0.5) is 0 Å². The average Bonchev–Trinajstić information content (AvgIpc) is 2.93. The van der Waals surface area contributed by atoms with Crippen molar-refractivity contribution in [2.24, 2.45) is 0 Å². The first kappa shape index (κ1) is 15.2. The smallest absolute Gasteiger partial charge is 0.314 e. The summed E-state index contributed by atoms with van der Waals surface area (Å²) in [5.41, 5.74) is 0. The van der Waals surface area contributed by atoms with Crippen LogP contribution in [0.25, 0.3) is 0 Å². The lowest BCUT2D eigenvalue weighted by Crippen LogP contribution is -1.97. The maximum Gasteiger partial charge on any atom is 0.314 e. The van der Waals surface area contributed by atoms with Gasteiger partial charge >= 0.3 is 5.97 Å². The lowest BCUT2D eigenvalue weighted by molar-refractivity contribution is -0.133. The van der Waals surface area contributed by atoms with Gasteiger partial charge < -0.3 is 19.0 Å². The Labute approximate surface area is 125 Å². The molecule has 21 heavy (non-hydrogen) atoms. The quantitative estimate of drug-likeness (QED) is 0.742. The zero-order valence-electron chi connectivity index (χ0n) is 11.3. The number of thioether (sulfide) groups is 1. The maximum absolute atomic E-state index is 10.4. The van der Waals surface area contributed by atoms with Crippen molar-refractivity contribution in [2.45, 2.75) is 18.8 Å². The standard InChI is InChI=1S/C13H14N2O5S/c1-2-18-9-3-5-10(6-4-9)19-7-11-14-15-13(20-11)21-8-12(16)17/h3-6H,2,7-8H2,1H3,(H,16,17). The Morgan fingerprint density at radius 2 is 1.90 bits per heavy atom. The Morgan fingerprint density at radius 3 is 2.52 bits per heavy atom. The van der Waals surface area contributed by atoms with E-state index in [-0.39, 0.29) is 23.5 Å². The molecular weight excluding hydrogens is 296 g/mol. The molecule has 2 aromatic rings. The summed E-state index contributed by atoms with van der Waals surface area (Å²) in [5, 5.41) is 16.3. The van der Waals surface area contributed by atoms with Gasteiger partial charge in [0, 0.05) is 0 Å². The van der Waals surface area contributed by atoms with Crippen LogP contribution in [0.3, 0.4) is 0 Å². The van der Waals surface area contributed by atoms with Crippen LogP contribution in [-0.2, 0) is 11.4 Å². The van der Waals surface area contributed by atoms with Gasteiger partial charge in [-0.1, -0.05) is 11.8 Å². The zero-order valence-corrected chi connectivity index (χ0v) is 12.1. The number of benzene rings is 1. The van der Waals surface area contributed by atoms with Gasteiger partial charge in [-0.25, -0.2) is 0 Å². The molecule has 0 amide bonds. The number of aliphatic carboxylic acids is 1. The van der Waals surface area contributed by atoms with E-state index in [2.05, 4.69) is 10.2 Å². The van der Waals surface area contributed by atoms with E-state index in [1.165, 1.54) is 0 Å². The van der Waals surface area contributed by atoms with E-state index in [9.17, 15) is 4.79 Å². The highest BCUT2D eigenvalue weighted by molar-refractivity contribution is 7.99. The number of ether oxygens (including phenoxy) is 2. The number of nitrogens with zero attached hydrogens (tertiary/aromatic N) is 2. The van der Waals surface area contributed by atoms with E-state index >= 15 is 0 Å². The van der Waals surface area contributed by atoms with Gasteiger partial charge in [0.1, 0.15) is 17.3 Å². The predicted octanol–water partition coefficient (Wildman–Crippen LogP) is 2.22. The molecule has 8 heteroatoms. The van der Waals surface area contributed by atoms with Gasteiger partial charge in [0.25, 0.3) is 11.1 Å². The molecule has 0 aliphatic rings. The second-order valence-electron chi connectivity index (χ2n) is 3.84. The van der Waals surface area contributed by atoms with Crippen LogP contribution in [0.2, 0.25) is 0 Å². The van der Waals surface area contributed by atoms with E-state index in [1.807, 2.05) is 6.92 Å². The summed E-state index contributed by atoms with van der Waals surface area (Å²) in [7, 11) is 0. The molecule has 1 aromatic heterocycles. The predicted molar refractivity (Wildman–Crippen MR) is 74.6 cm³/mol. The number of hydrogen-bond acceptors (Lipinski definition) is 7. The van der Waals surface area contributed by atoms with Gasteiger partial charge in [-0.3, -0.25) is 4.79 Å². The Morgan fingerprint density at radius 1 is 1.24 bits per heavy atom. The molecule has 0 spiro atoms. The van der Waals surface area contributed by atoms with Crippen molar-refractivity contribution in [2.75, 3.05) is 12.4 Å². The highest BCUT2D eigenvalue weighted by Gasteiger charge is 2.09. The molecule has 0 aliphatic carbocycles.